The molecule has 3 nitrogen and oxygen atoms in total. The topological polar surface area (TPSA) is 30.5 Å². The van der Waals surface area contributed by atoms with Crippen LogP contribution in [0, 0.1) is 0 Å². The van der Waals surface area contributed by atoms with Crippen molar-refractivity contribution in [3.8, 4) is 0 Å². The number of benzene rings is 1. The summed E-state index contributed by atoms with van der Waals surface area (Å²) in [4.78, 5) is 0. The highest BCUT2D eigenvalue weighted by Gasteiger charge is 2.42. The zero-order valence-electron chi connectivity index (χ0n) is 13.6. The highest BCUT2D eigenvalue weighted by atomic mass is 35.5. The third-order valence-corrected chi connectivity index (χ3v) is 9.20. The third-order valence-electron chi connectivity index (χ3n) is 4.46. The summed E-state index contributed by atoms with van der Waals surface area (Å²) in [6, 6.07) is 7.96. The highest BCUT2D eigenvalue weighted by molar-refractivity contribution is 6.74. The predicted octanol–water partition coefficient (Wildman–Crippen LogP) is 4.54. The van der Waals surface area contributed by atoms with Crippen LogP contribution in [-0.4, -0.2) is 33.7 Å². The summed E-state index contributed by atoms with van der Waals surface area (Å²) in [5, 5.41) is 4.43. The van der Waals surface area contributed by atoms with Gasteiger partial charge in [-0.25, -0.2) is 0 Å². The maximum Gasteiger partial charge on any atom is 0.192 e. The molecule has 1 saturated heterocycles. The van der Waals surface area contributed by atoms with E-state index in [0.29, 0.717) is 13.2 Å². The minimum atomic E-state index is -1.79. The summed E-state index contributed by atoms with van der Waals surface area (Å²) < 4.78 is 12.1. The molecule has 2 unspecified atom stereocenters. The number of hydrogen-bond acceptors (Lipinski definition) is 3. The molecule has 1 N–H and O–H groups in total. The number of anilines is 1. The first-order valence-corrected chi connectivity index (χ1v) is 10.8. The fraction of sp³-hybridized carbons (Fsp3) is 0.625. The van der Waals surface area contributed by atoms with Crippen molar-refractivity contribution in [3.63, 3.8) is 0 Å². The van der Waals surface area contributed by atoms with Crippen molar-refractivity contribution in [1.29, 1.82) is 0 Å². The van der Waals surface area contributed by atoms with E-state index in [2.05, 4.69) is 39.2 Å². The summed E-state index contributed by atoms with van der Waals surface area (Å²) in [6.07, 6.45) is 0.102. The molecular weight excluding hydrogens is 302 g/mol. The molecule has 21 heavy (non-hydrogen) atoms. The van der Waals surface area contributed by atoms with Gasteiger partial charge in [-0.2, -0.15) is 0 Å². The van der Waals surface area contributed by atoms with Gasteiger partial charge in [0.2, 0.25) is 0 Å². The summed E-state index contributed by atoms with van der Waals surface area (Å²) >= 11 is 6.04. The molecule has 0 aliphatic carbocycles. The fourth-order valence-corrected chi connectivity index (χ4v) is 3.67. The van der Waals surface area contributed by atoms with Crippen molar-refractivity contribution < 1.29 is 9.16 Å². The monoisotopic (exact) mass is 327 g/mol. The first-order chi connectivity index (χ1) is 9.69. The number of nitrogens with one attached hydrogen (secondary N) is 1. The molecule has 118 valence electrons. The Kier molecular flexibility index (Phi) is 5.03. The van der Waals surface area contributed by atoms with Crippen LogP contribution in [0.5, 0.6) is 0 Å². The van der Waals surface area contributed by atoms with E-state index in [9.17, 15) is 0 Å². The van der Waals surface area contributed by atoms with Crippen molar-refractivity contribution in [3.05, 3.63) is 29.3 Å². The SMILES string of the molecule is CC(C)(C)[Si](C)(C)OC1COCC1Nc1cccc(Cl)c1. The summed E-state index contributed by atoms with van der Waals surface area (Å²) in [5.74, 6) is 0. The molecule has 1 aromatic rings. The predicted molar refractivity (Wildman–Crippen MR) is 91.8 cm³/mol. The van der Waals surface area contributed by atoms with Gasteiger partial charge in [-0.05, 0) is 36.3 Å². The quantitative estimate of drug-likeness (QED) is 0.823. The zero-order chi connectivity index (χ0) is 15.7. The largest absolute Gasteiger partial charge is 0.409 e. The first-order valence-electron chi connectivity index (χ1n) is 7.47. The lowest BCUT2D eigenvalue weighted by Gasteiger charge is -2.39. The number of ether oxygens (including phenoxy) is 1. The van der Waals surface area contributed by atoms with Gasteiger partial charge < -0.3 is 14.5 Å². The maximum absolute atomic E-state index is 6.50. The van der Waals surface area contributed by atoms with E-state index >= 15 is 0 Å². The smallest absolute Gasteiger partial charge is 0.192 e. The molecule has 5 heteroatoms. The molecule has 1 aromatic carbocycles. The van der Waals surface area contributed by atoms with Gasteiger partial charge in [-0.15, -0.1) is 0 Å². The van der Waals surface area contributed by atoms with Crippen molar-refractivity contribution in [2.75, 3.05) is 18.5 Å². The van der Waals surface area contributed by atoms with Crippen LogP contribution in [0.4, 0.5) is 5.69 Å². The molecule has 0 radical (unpaired) electrons. The molecule has 2 rings (SSSR count). The van der Waals surface area contributed by atoms with Crippen molar-refractivity contribution >= 4 is 25.6 Å². The lowest BCUT2D eigenvalue weighted by molar-refractivity contribution is 0.131. The Morgan fingerprint density at radius 1 is 1.29 bits per heavy atom. The van der Waals surface area contributed by atoms with Gasteiger partial charge in [-0.3, -0.25) is 0 Å². The van der Waals surface area contributed by atoms with E-state index in [0.717, 1.165) is 10.7 Å². The molecule has 0 saturated carbocycles. The van der Waals surface area contributed by atoms with Crippen LogP contribution in [0.2, 0.25) is 23.2 Å². The number of hydrogen-bond donors (Lipinski definition) is 1. The van der Waals surface area contributed by atoms with Gasteiger partial charge in [0.15, 0.2) is 8.32 Å². The van der Waals surface area contributed by atoms with Crippen molar-refractivity contribution in [2.24, 2.45) is 0 Å². The molecule has 0 bridgehead atoms. The molecule has 1 aliphatic heterocycles. The Bertz CT molecular complexity index is 487. The molecule has 1 aliphatic rings. The average Bonchev–Trinajstić information content (AvgIpc) is 2.74. The van der Waals surface area contributed by atoms with Gasteiger partial charge in [0.25, 0.3) is 0 Å². The molecule has 2 atom stereocenters. The second kappa shape index (κ2) is 6.29. The Morgan fingerprint density at radius 3 is 2.62 bits per heavy atom. The fourth-order valence-electron chi connectivity index (χ4n) is 2.13. The minimum Gasteiger partial charge on any atom is -0.409 e. The van der Waals surface area contributed by atoms with Crippen LogP contribution in [-0.2, 0) is 9.16 Å². The van der Waals surface area contributed by atoms with Crippen LogP contribution in [0.25, 0.3) is 0 Å². The lowest BCUT2D eigenvalue weighted by Crippen LogP contribution is -2.48. The summed E-state index contributed by atoms with van der Waals surface area (Å²) in [7, 11) is -1.79. The number of halogens is 1. The van der Waals surface area contributed by atoms with Crippen LogP contribution < -0.4 is 5.32 Å². The third kappa shape index (κ3) is 4.22. The summed E-state index contributed by atoms with van der Waals surface area (Å²) in [5.41, 5.74) is 1.02. The Hall–Kier alpha value is -0.553. The second-order valence-electron chi connectivity index (χ2n) is 7.22. The Morgan fingerprint density at radius 2 is 2.00 bits per heavy atom. The van der Waals surface area contributed by atoms with Crippen LogP contribution in [0.15, 0.2) is 24.3 Å². The van der Waals surface area contributed by atoms with Crippen LogP contribution >= 0.6 is 11.6 Å². The van der Waals surface area contributed by atoms with Crippen LogP contribution in [0.3, 0.4) is 0 Å². The molecule has 0 aromatic heterocycles. The standard InChI is InChI=1S/C16H26ClNO2Si/c1-16(2,3)21(4,5)20-15-11-19-10-14(15)18-13-8-6-7-12(17)9-13/h6-9,14-15,18H,10-11H2,1-5H3. The van der Waals surface area contributed by atoms with Gasteiger partial charge >= 0.3 is 0 Å². The Balaban J connectivity index is 2.04. The average molecular weight is 328 g/mol. The van der Waals surface area contributed by atoms with Gasteiger partial charge in [-0.1, -0.05) is 38.4 Å². The zero-order valence-corrected chi connectivity index (χ0v) is 15.3. The minimum absolute atomic E-state index is 0.102. The second-order valence-corrected chi connectivity index (χ2v) is 12.4. The van der Waals surface area contributed by atoms with E-state index < -0.39 is 8.32 Å². The molecule has 0 amide bonds. The maximum atomic E-state index is 6.50. The van der Waals surface area contributed by atoms with Crippen molar-refractivity contribution in [1.82, 2.24) is 0 Å². The van der Waals surface area contributed by atoms with Gasteiger partial charge in [0, 0.05) is 10.7 Å². The van der Waals surface area contributed by atoms with E-state index in [1.54, 1.807) is 0 Å². The molecule has 0 spiro atoms. The van der Waals surface area contributed by atoms with E-state index in [-0.39, 0.29) is 17.2 Å². The van der Waals surface area contributed by atoms with Gasteiger partial charge in [0.1, 0.15) is 0 Å². The normalized spacial score (nSPS) is 23.3. The molecule has 1 heterocycles. The lowest BCUT2D eigenvalue weighted by atomic mass is 10.2. The van der Waals surface area contributed by atoms with E-state index in [1.165, 1.54) is 0 Å². The molecular formula is C16H26ClNO2Si. The highest BCUT2D eigenvalue weighted by Crippen LogP contribution is 2.38. The van der Waals surface area contributed by atoms with Crippen molar-refractivity contribution in [2.45, 2.75) is 51.0 Å². The van der Waals surface area contributed by atoms with Gasteiger partial charge in [0.05, 0.1) is 25.4 Å². The molecule has 1 fully saturated rings. The van der Waals surface area contributed by atoms with Crippen LogP contribution in [0.1, 0.15) is 20.8 Å². The van der Waals surface area contributed by atoms with E-state index in [4.69, 9.17) is 20.8 Å². The Labute approximate surface area is 134 Å². The first kappa shape index (κ1) is 16.8. The number of rotatable bonds is 4. The van der Waals surface area contributed by atoms with E-state index in [1.807, 2.05) is 24.3 Å². The summed E-state index contributed by atoms with van der Waals surface area (Å²) in [6.45, 7) is 12.7.